The number of piperidine rings is 1. The second kappa shape index (κ2) is 6.33. The molecule has 28 heavy (non-hydrogen) atoms. The molecule has 2 aliphatic carbocycles. The van der Waals surface area contributed by atoms with Crippen molar-refractivity contribution < 1.29 is 0 Å². The molecule has 4 aliphatic rings. The summed E-state index contributed by atoms with van der Waals surface area (Å²) in [5.74, 6) is 3.03. The molecule has 1 N–H and O–H groups in total. The van der Waals surface area contributed by atoms with E-state index in [1.54, 1.807) is 5.56 Å². The van der Waals surface area contributed by atoms with E-state index in [2.05, 4.69) is 52.7 Å². The molecule has 2 fully saturated rings. The molecule has 0 amide bonds. The minimum atomic E-state index is 0.438. The van der Waals surface area contributed by atoms with Gasteiger partial charge in [0.05, 0.1) is 11.7 Å². The van der Waals surface area contributed by atoms with Gasteiger partial charge >= 0.3 is 0 Å². The number of hydrogen-bond donors (Lipinski definition) is 1. The molecule has 2 aromatic carbocycles. The molecule has 1 saturated carbocycles. The molecule has 4 nitrogen and oxygen atoms in total. The van der Waals surface area contributed by atoms with Gasteiger partial charge in [-0.25, -0.2) is 4.98 Å². The van der Waals surface area contributed by atoms with Crippen molar-refractivity contribution in [3.63, 3.8) is 0 Å². The lowest BCUT2D eigenvalue weighted by Gasteiger charge is -2.47. The van der Waals surface area contributed by atoms with Gasteiger partial charge in [0.25, 0.3) is 0 Å². The molecule has 1 aromatic heterocycles. The van der Waals surface area contributed by atoms with Crippen molar-refractivity contribution in [3.05, 3.63) is 77.5 Å². The summed E-state index contributed by atoms with van der Waals surface area (Å²) in [5.41, 5.74) is 5.27. The van der Waals surface area contributed by atoms with Crippen molar-refractivity contribution in [3.8, 4) is 0 Å². The first-order chi connectivity index (χ1) is 13.8. The van der Waals surface area contributed by atoms with E-state index in [0.29, 0.717) is 17.9 Å². The Labute approximate surface area is 165 Å². The average molecular weight is 368 g/mol. The highest BCUT2D eigenvalue weighted by Crippen LogP contribution is 2.49. The number of benzene rings is 2. The smallest absolute Gasteiger partial charge is 0.229 e. The molecule has 0 spiro atoms. The average Bonchev–Trinajstić information content (AvgIpc) is 3.60. The maximum Gasteiger partial charge on any atom is 0.229 e. The van der Waals surface area contributed by atoms with Gasteiger partial charge in [-0.1, -0.05) is 42.5 Å². The van der Waals surface area contributed by atoms with Crippen molar-refractivity contribution in [2.24, 2.45) is 0 Å². The molecule has 4 heteroatoms. The highest BCUT2D eigenvalue weighted by molar-refractivity contribution is 5.58. The minimum Gasteiger partial charge on any atom is -0.349 e. The van der Waals surface area contributed by atoms with E-state index in [9.17, 15) is 0 Å². The van der Waals surface area contributed by atoms with Crippen LogP contribution in [-0.4, -0.2) is 16.5 Å². The fourth-order valence-electron chi connectivity index (χ4n) is 4.88. The lowest BCUT2D eigenvalue weighted by molar-refractivity contribution is 0.387. The third-order valence-corrected chi connectivity index (χ3v) is 6.43. The van der Waals surface area contributed by atoms with Crippen LogP contribution in [0.15, 0.2) is 60.7 Å². The maximum absolute atomic E-state index is 4.96. The molecule has 2 atom stereocenters. The Morgan fingerprint density at radius 2 is 1.54 bits per heavy atom. The Kier molecular flexibility index (Phi) is 3.64. The number of nitrogens with one attached hydrogen (secondary N) is 1. The van der Waals surface area contributed by atoms with Crippen molar-refractivity contribution in [1.29, 1.82) is 0 Å². The summed E-state index contributed by atoms with van der Waals surface area (Å²) >= 11 is 0. The fraction of sp³-hybridized carbons (Fsp3) is 0.333. The van der Waals surface area contributed by atoms with Crippen molar-refractivity contribution in [2.45, 2.75) is 43.6 Å². The van der Waals surface area contributed by atoms with Crippen LogP contribution in [0.5, 0.6) is 0 Å². The van der Waals surface area contributed by atoms with Gasteiger partial charge in [0.1, 0.15) is 5.82 Å². The number of rotatable bonds is 4. The van der Waals surface area contributed by atoms with E-state index in [0.717, 1.165) is 24.0 Å². The molecule has 3 heterocycles. The lowest BCUT2D eigenvalue weighted by atomic mass is 9.75. The number of anilines is 3. The zero-order valence-corrected chi connectivity index (χ0v) is 15.9. The summed E-state index contributed by atoms with van der Waals surface area (Å²) in [5, 5.41) is 3.42. The van der Waals surface area contributed by atoms with Gasteiger partial charge < -0.3 is 10.2 Å². The van der Waals surface area contributed by atoms with Gasteiger partial charge in [-0.3, -0.25) is 0 Å². The van der Waals surface area contributed by atoms with Crippen molar-refractivity contribution >= 4 is 17.5 Å². The van der Waals surface area contributed by atoms with Crippen LogP contribution in [-0.2, 0) is 0 Å². The van der Waals surface area contributed by atoms with Crippen LogP contribution in [0, 0.1) is 0 Å². The summed E-state index contributed by atoms with van der Waals surface area (Å²) in [6, 6.07) is 21.9. The largest absolute Gasteiger partial charge is 0.349 e. The second-order valence-corrected chi connectivity index (χ2v) is 8.31. The highest BCUT2D eigenvalue weighted by atomic mass is 15.3. The predicted molar refractivity (Wildman–Crippen MR) is 112 cm³/mol. The summed E-state index contributed by atoms with van der Waals surface area (Å²) in [6.45, 7) is 1.06. The topological polar surface area (TPSA) is 41.1 Å². The Morgan fingerprint density at radius 3 is 2.36 bits per heavy atom. The second-order valence-electron chi connectivity index (χ2n) is 8.31. The Balaban J connectivity index is 1.39. The van der Waals surface area contributed by atoms with E-state index >= 15 is 0 Å². The molecule has 3 aromatic rings. The van der Waals surface area contributed by atoms with Gasteiger partial charge in [-0.2, -0.15) is 4.98 Å². The Morgan fingerprint density at radius 1 is 0.786 bits per heavy atom. The van der Waals surface area contributed by atoms with E-state index in [1.165, 1.54) is 36.9 Å². The fourth-order valence-corrected chi connectivity index (χ4v) is 4.88. The van der Waals surface area contributed by atoms with E-state index in [1.807, 2.05) is 18.2 Å². The summed E-state index contributed by atoms with van der Waals surface area (Å²) in [6.07, 6.45) is 4.99. The number of para-hydroxylation sites is 1. The molecule has 2 aliphatic heterocycles. The quantitative estimate of drug-likeness (QED) is 0.657. The Hall–Kier alpha value is -2.88. The third-order valence-electron chi connectivity index (χ3n) is 6.43. The number of hydrogen-bond acceptors (Lipinski definition) is 4. The molecule has 7 rings (SSSR count). The number of fused-ring (bicyclic) bond motifs is 2. The van der Waals surface area contributed by atoms with Crippen LogP contribution in [0.2, 0.25) is 0 Å². The standard InChI is InChI=1S/C24H24N4/c1-2-6-18(7-3-1)25-24-26-21(16-10-11-16)14-23(27-24)28-15-17-12-13-22(28)20-9-5-4-8-19(17)20/h1-9,14,16-17,22H,10-13,15H2,(H,25,26,27)/t17-,22+/m1/s1. The molecular formula is C24H24N4. The van der Waals surface area contributed by atoms with Crippen molar-refractivity contribution in [1.82, 2.24) is 9.97 Å². The number of aromatic nitrogens is 2. The highest BCUT2D eigenvalue weighted by Gasteiger charge is 2.39. The molecule has 0 radical (unpaired) electrons. The van der Waals surface area contributed by atoms with E-state index < -0.39 is 0 Å². The van der Waals surface area contributed by atoms with Crippen LogP contribution in [0.4, 0.5) is 17.5 Å². The van der Waals surface area contributed by atoms with E-state index in [-0.39, 0.29) is 0 Å². The van der Waals surface area contributed by atoms with Gasteiger partial charge in [-0.15, -0.1) is 0 Å². The molecule has 0 unspecified atom stereocenters. The molecule has 1 saturated heterocycles. The first-order valence-corrected chi connectivity index (χ1v) is 10.4. The van der Waals surface area contributed by atoms with Gasteiger partial charge in [0.2, 0.25) is 5.95 Å². The minimum absolute atomic E-state index is 0.438. The first-order valence-electron chi connectivity index (χ1n) is 10.4. The zero-order valence-electron chi connectivity index (χ0n) is 15.9. The van der Waals surface area contributed by atoms with Crippen LogP contribution in [0.1, 0.15) is 60.4 Å². The SMILES string of the molecule is c1ccc(Nc2nc(C3CC3)cc(N3C[C@H]4CC[C@H]3c3ccccc34)n2)cc1. The lowest BCUT2D eigenvalue weighted by Crippen LogP contribution is -2.43. The van der Waals surface area contributed by atoms with Crippen LogP contribution < -0.4 is 10.2 Å². The number of nitrogens with zero attached hydrogens (tertiary/aromatic N) is 3. The normalized spacial score (nSPS) is 22.8. The van der Waals surface area contributed by atoms with Gasteiger partial charge in [0.15, 0.2) is 0 Å². The predicted octanol–water partition coefficient (Wildman–Crippen LogP) is 5.54. The van der Waals surface area contributed by atoms with Gasteiger partial charge in [0, 0.05) is 30.1 Å². The summed E-state index contributed by atoms with van der Waals surface area (Å²) in [4.78, 5) is 12.3. The summed E-state index contributed by atoms with van der Waals surface area (Å²) in [7, 11) is 0. The van der Waals surface area contributed by atoms with Crippen LogP contribution >= 0.6 is 0 Å². The van der Waals surface area contributed by atoms with Crippen LogP contribution in [0.25, 0.3) is 0 Å². The first kappa shape index (κ1) is 16.1. The molecule has 2 bridgehead atoms. The Bertz CT molecular complexity index is 1010. The van der Waals surface area contributed by atoms with Gasteiger partial charge in [-0.05, 0) is 48.9 Å². The molecular weight excluding hydrogens is 344 g/mol. The third kappa shape index (κ3) is 2.75. The van der Waals surface area contributed by atoms with Crippen LogP contribution in [0.3, 0.4) is 0 Å². The monoisotopic (exact) mass is 368 g/mol. The van der Waals surface area contributed by atoms with E-state index in [4.69, 9.17) is 9.97 Å². The van der Waals surface area contributed by atoms with Crippen molar-refractivity contribution in [2.75, 3.05) is 16.8 Å². The zero-order chi connectivity index (χ0) is 18.5. The maximum atomic E-state index is 4.96. The summed E-state index contributed by atoms with van der Waals surface area (Å²) < 4.78 is 0. The molecule has 140 valence electrons.